The van der Waals surface area contributed by atoms with Crippen LogP contribution in [0.4, 0.5) is 0 Å². The zero-order valence-corrected chi connectivity index (χ0v) is 12.7. The summed E-state index contributed by atoms with van der Waals surface area (Å²) in [5.41, 5.74) is 2.18. The molecule has 0 spiro atoms. The molecule has 1 aliphatic heterocycles. The number of piperazine rings is 1. The summed E-state index contributed by atoms with van der Waals surface area (Å²) in [5, 5.41) is 7.04. The van der Waals surface area contributed by atoms with Gasteiger partial charge < -0.3 is 14.4 Å². The second-order valence-corrected chi connectivity index (χ2v) is 5.47. The molecule has 1 N–H and O–H groups in total. The maximum atomic E-state index is 12.5. The highest BCUT2D eigenvalue weighted by atomic mass is 16.2. The standard InChI is InChI=1S/C15H19N5O2/c1-11(21)19-6-8-20(9-7-19)15(22)13-10-12(16-17-13)14-4-3-5-18(14)2/h3-5,10H,6-9H2,1-2H3,(H,16,17). The summed E-state index contributed by atoms with van der Waals surface area (Å²) in [7, 11) is 1.94. The third-order valence-electron chi connectivity index (χ3n) is 4.03. The lowest BCUT2D eigenvalue weighted by molar-refractivity contribution is -0.130. The molecule has 3 heterocycles. The van der Waals surface area contributed by atoms with E-state index >= 15 is 0 Å². The van der Waals surface area contributed by atoms with Gasteiger partial charge in [0.2, 0.25) is 5.91 Å². The molecular weight excluding hydrogens is 282 g/mol. The Kier molecular flexibility index (Phi) is 3.70. The summed E-state index contributed by atoms with van der Waals surface area (Å²) < 4.78 is 1.95. The quantitative estimate of drug-likeness (QED) is 0.888. The number of H-pyrrole nitrogens is 1. The number of carbonyl (C=O) groups is 2. The van der Waals surface area contributed by atoms with Gasteiger partial charge in [0, 0.05) is 46.3 Å². The van der Waals surface area contributed by atoms with Crippen molar-refractivity contribution >= 4 is 11.8 Å². The van der Waals surface area contributed by atoms with E-state index in [0.717, 1.165) is 11.4 Å². The van der Waals surface area contributed by atoms with Crippen molar-refractivity contribution < 1.29 is 9.59 Å². The minimum absolute atomic E-state index is 0.0552. The highest BCUT2D eigenvalue weighted by molar-refractivity contribution is 5.93. The Bertz CT molecular complexity index is 694. The van der Waals surface area contributed by atoms with E-state index in [1.807, 2.05) is 29.9 Å². The van der Waals surface area contributed by atoms with Crippen molar-refractivity contribution in [3.63, 3.8) is 0 Å². The largest absolute Gasteiger partial charge is 0.349 e. The maximum Gasteiger partial charge on any atom is 0.272 e. The van der Waals surface area contributed by atoms with Crippen molar-refractivity contribution in [2.45, 2.75) is 6.92 Å². The fourth-order valence-corrected chi connectivity index (χ4v) is 2.68. The zero-order chi connectivity index (χ0) is 15.7. The molecule has 116 valence electrons. The topological polar surface area (TPSA) is 74.2 Å². The Balaban J connectivity index is 1.70. The fraction of sp³-hybridized carbons (Fsp3) is 0.400. The third kappa shape index (κ3) is 2.61. The minimum atomic E-state index is -0.0730. The molecule has 7 heteroatoms. The van der Waals surface area contributed by atoms with Crippen LogP contribution in [0.2, 0.25) is 0 Å². The normalized spacial score (nSPS) is 15.2. The Morgan fingerprint density at radius 3 is 2.45 bits per heavy atom. The van der Waals surface area contributed by atoms with E-state index in [9.17, 15) is 9.59 Å². The predicted molar refractivity (Wildman–Crippen MR) is 81.2 cm³/mol. The van der Waals surface area contributed by atoms with Crippen molar-refractivity contribution in [1.82, 2.24) is 24.6 Å². The molecule has 0 unspecified atom stereocenters. The number of carbonyl (C=O) groups excluding carboxylic acids is 2. The lowest BCUT2D eigenvalue weighted by Crippen LogP contribution is -2.50. The molecule has 2 aromatic heterocycles. The SMILES string of the molecule is CC(=O)N1CCN(C(=O)c2cc(-c3cccn3C)n[nH]2)CC1. The first kappa shape index (κ1) is 14.4. The molecule has 0 bridgehead atoms. The molecule has 2 amide bonds. The van der Waals surface area contributed by atoms with Gasteiger partial charge in [-0.2, -0.15) is 5.10 Å². The van der Waals surface area contributed by atoms with E-state index in [-0.39, 0.29) is 11.8 Å². The molecule has 1 fully saturated rings. The summed E-state index contributed by atoms with van der Waals surface area (Å²) in [4.78, 5) is 27.3. The van der Waals surface area contributed by atoms with Gasteiger partial charge in [-0.15, -0.1) is 0 Å². The van der Waals surface area contributed by atoms with Crippen LogP contribution in [0.3, 0.4) is 0 Å². The molecule has 0 aromatic carbocycles. The second kappa shape index (κ2) is 5.67. The van der Waals surface area contributed by atoms with Crippen molar-refractivity contribution in [2.24, 2.45) is 7.05 Å². The van der Waals surface area contributed by atoms with Crippen LogP contribution in [0.25, 0.3) is 11.4 Å². The van der Waals surface area contributed by atoms with Gasteiger partial charge in [-0.25, -0.2) is 0 Å². The number of aryl methyl sites for hydroxylation is 1. The van der Waals surface area contributed by atoms with Gasteiger partial charge in [0.05, 0.1) is 5.69 Å². The Labute approximate surface area is 128 Å². The number of amides is 2. The summed E-state index contributed by atoms with van der Waals surface area (Å²) >= 11 is 0. The number of aromatic nitrogens is 3. The summed E-state index contributed by atoms with van der Waals surface area (Å²) in [5.74, 6) is -0.0178. The zero-order valence-electron chi connectivity index (χ0n) is 12.7. The van der Waals surface area contributed by atoms with Gasteiger partial charge >= 0.3 is 0 Å². The lowest BCUT2D eigenvalue weighted by atomic mass is 10.2. The van der Waals surface area contributed by atoms with Crippen molar-refractivity contribution in [3.8, 4) is 11.4 Å². The number of hydrogen-bond acceptors (Lipinski definition) is 3. The van der Waals surface area contributed by atoms with Crippen molar-refractivity contribution in [3.05, 3.63) is 30.1 Å². The maximum absolute atomic E-state index is 12.5. The second-order valence-electron chi connectivity index (χ2n) is 5.47. The smallest absolute Gasteiger partial charge is 0.272 e. The first-order valence-corrected chi connectivity index (χ1v) is 7.28. The van der Waals surface area contributed by atoms with Crippen LogP contribution in [-0.2, 0) is 11.8 Å². The van der Waals surface area contributed by atoms with Gasteiger partial charge in [-0.1, -0.05) is 0 Å². The van der Waals surface area contributed by atoms with E-state index in [4.69, 9.17) is 0 Å². The monoisotopic (exact) mass is 301 g/mol. The van der Waals surface area contributed by atoms with Gasteiger partial charge in [0.1, 0.15) is 11.4 Å². The number of rotatable bonds is 2. The van der Waals surface area contributed by atoms with E-state index in [1.165, 1.54) is 0 Å². The first-order valence-electron chi connectivity index (χ1n) is 7.28. The summed E-state index contributed by atoms with van der Waals surface area (Å²) in [6, 6.07) is 5.66. The average molecular weight is 301 g/mol. The lowest BCUT2D eigenvalue weighted by Gasteiger charge is -2.33. The summed E-state index contributed by atoms with van der Waals surface area (Å²) in [6.45, 7) is 3.83. The van der Waals surface area contributed by atoms with E-state index < -0.39 is 0 Å². The highest BCUT2D eigenvalue weighted by Gasteiger charge is 2.24. The van der Waals surface area contributed by atoms with Gasteiger partial charge in [0.15, 0.2) is 0 Å². The van der Waals surface area contributed by atoms with Crippen molar-refractivity contribution in [1.29, 1.82) is 0 Å². The molecule has 0 saturated carbocycles. The summed E-state index contributed by atoms with van der Waals surface area (Å²) in [6.07, 6.45) is 1.94. The van der Waals surface area contributed by atoms with Gasteiger partial charge in [-0.3, -0.25) is 14.7 Å². The van der Waals surface area contributed by atoms with Crippen LogP contribution in [0.5, 0.6) is 0 Å². The number of nitrogens with zero attached hydrogens (tertiary/aromatic N) is 4. The van der Waals surface area contributed by atoms with Crippen LogP contribution in [0.15, 0.2) is 24.4 Å². The molecule has 7 nitrogen and oxygen atoms in total. The molecule has 2 aromatic rings. The van der Waals surface area contributed by atoms with Crippen LogP contribution in [0, 0.1) is 0 Å². The Hall–Kier alpha value is -2.57. The molecular formula is C15H19N5O2. The Morgan fingerprint density at radius 2 is 1.86 bits per heavy atom. The molecule has 0 atom stereocenters. The Morgan fingerprint density at radius 1 is 1.18 bits per heavy atom. The molecule has 0 radical (unpaired) electrons. The third-order valence-corrected chi connectivity index (χ3v) is 4.03. The van der Waals surface area contributed by atoms with Crippen LogP contribution >= 0.6 is 0 Å². The van der Waals surface area contributed by atoms with Crippen LogP contribution < -0.4 is 0 Å². The van der Waals surface area contributed by atoms with Crippen LogP contribution in [0.1, 0.15) is 17.4 Å². The van der Waals surface area contributed by atoms with E-state index in [1.54, 1.807) is 22.8 Å². The molecule has 1 aliphatic rings. The van der Waals surface area contributed by atoms with E-state index in [0.29, 0.717) is 31.9 Å². The molecule has 3 rings (SSSR count). The predicted octanol–water partition coefficient (Wildman–Crippen LogP) is 0.719. The average Bonchev–Trinajstić information content (AvgIpc) is 3.15. The first-order chi connectivity index (χ1) is 10.6. The molecule has 22 heavy (non-hydrogen) atoms. The van der Waals surface area contributed by atoms with E-state index in [2.05, 4.69) is 10.2 Å². The molecule has 1 saturated heterocycles. The van der Waals surface area contributed by atoms with Crippen molar-refractivity contribution in [2.75, 3.05) is 26.2 Å². The minimum Gasteiger partial charge on any atom is -0.349 e. The molecule has 0 aliphatic carbocycles. The number of nitrogens with one attached hydrogen (secondary N) is 1. The van der Waals surface area contributed by atoms with Gasteiger partial charge in [0.25, 0.3) is 5.91 Å². The number of hydrogen-bond donors (Lipinski definition) is 1. The highest BCUT2D eigenvalue weighted by Crippen LogP contribution is 2.18. The fourth-order valence-electron chi connectivity index (χ4n) is 2.68. The van der Waals surface area contributed by atoms with Gasteiger partial charge in [-0.05, 0) is 18.2 Å². The van der Waals surface area contributed by atoms with Crippen LogP contribution in [-0.4, -0.2) is 62.6 Å². The number of aromatic amines is 1.